The Kier molecular flexibility index (Phi) is 7.92. The van der Waals surface area contributed by atoms with Gasteiger partial charge in [0, 0.05) is 31.1 Å². The fraction of sp³-hybridized carbons (Fsp3) is 0.412. The van der Waals surface area contributed by atoms with Crippen molar-refractivity contribution in [3.05, 3.63) is 29.8 Å². The summed E-state index contributed by atoms with van der Waals surface area (Å²) in [5, 5.41) is 11.1. The van der Waals surface area contributed by atoms with E-state index in [0.29, 0.717) is 17.2 Å². The maximum absolute atomic E-state index is 12.1. The average Bonchev–Trinajstić information content (AvgIpc) is 3.06. The topological polar surface area (TPSA) is 75.2 Å². The van der Waals surface area contributed by atoms with Gasteiger partial charge in [0.15, 0.2) is 8.68 Å². The zero-order chi connectivity index (χ0) is 19.1. The summed E-state index contributed by atoms with van der Waals surface area (Å²) in [7, 11) is 3.41. The van der Waals surface area contributed by atoms with Crippen molar-refractivity contribution in [2.24, 2.45) is 5.92 Å². The van der Waals surface area contributed by atoms with Crippen LogP contribution in [0.2, 0.25) is 0 Å². The van der Waals surface area contributed by atoms with Crippen LogP contribution in [0.25, 0.3) is 0 Å². The fourth-order valence-corrected chi connectivity index (χ4v) is 4.63. The highest BCUT2D eigenvalue weighted by atomic mass is 32.2. The third-order valence-corrected chi connectivity index (χ3v) is 6.69. The monoisotopic (exact) mass is 410 g/mol. The van der Waals surface area contributed by atoms with Gasteiger partial charge in [-0.1, -0.05) is 48.7 Å². The van der Waals surface area contributed by atoms with Crippen LogP contribution in [0.1, 0.15) is 24.2 Å². The van der Waals surface area contributed by atoms with Crippen molar-refractivity contribution < 1.29 is 9.59 Å². The van der Waals surface area contributed by atoms with Crippen LogP contribution in [0.3, 0.4) is 0 Å². The molecule has 0 unspecified atom stereocenters. The Balaban J connectivity index is 1.81. The zero-order valence-electron chi connectivity index (χ0n) is 15.2. The molecular weight excluding hydrogens is 388 g/mol. The maximum atomic E-state index is 12.1. The molecule has 26 heavy (non-hydrogen) atoms. The lowest BCUT2D eigenvalue weighted by Crippen LogP contribution is -2.21. The first-order valence-electron chi connectivity index (χ1n) is 8.06. The molecule has 0 saturated heterocycles. The van der Waals surface area contributed by atoms with E-state index in [1.807, 2.05) is 0 Å². The molecular formula is C17H22N4O2S3. The number of aromatic nitrogens is 2. The number of carbonyl (C=O) groups excluding carboxylic acids is 2. The molecule has 140 valence electrons. The number of amides is 2. The number of rotatable bonds is 8. The van der Waals surface area contributed by atoms with E-state index < -0.39 is 0 Å². The van der Waals surface area contributed by atoms with Gasteiger partial charge < -0.3 is 10.2 Å². The standard InChI is InChI=1S/C17H22N4O2S3/c1-11(2)9-24-16-19-20-17(26-16)25-10-14(22)18-13-7-5-12(6-8-13)15(23)21(3)4/h5-8,11H,9-10H2,1-4H3,(H,18,22). The SMILES string of the molecule is CC(C)CSc1nnc(SCC(=O)Nc2ccc(C(=O)N(C)C)cc2)s1. The molecule has 1 N–H and O–H groups in total. The van der Waals surface area contributed by atoms with Crippen LogP contribution in [0, 0.1) is 5.92 Å². The van der Waals surface area contributed by atoms with Crippen molar-refractivity contribution in [1.82, 2.24) is 15.1 Å². The first-order chi connectivity index (χ1) is 12.3. The third-order valence-electron chi connectivity index (χ3n) is 3.08. The third kappa shape index (κ3) is 6.62. The highest BCUT2D eigenvalue weighted by molar-refractivity contribution is 8.03. The van der Waals surface area contributed by atoms with Crippen LogP contribution in [0.5, 0.6) is 0 Å². The Bertz CT molecular complexity index is 745. The number of nitrogens with zero attached hydrogens (tertiary/aromatic N) is 3. The Hall–Kier alpha value is -1.58. The van der Waals surface area contributed by atoms with Gasteiger partial charge in [0.2, 0.25) is 5.91 Å². The van der Waals surface area contributed by atoms with E-state index >= 15 is 0 Å². The number of hydrogen-bond acceptors (Lipinski definition) is 7. The number of nitrogens with one attached hydrogen (secondary N) is 1. The summed E-state index contributed by atoms with van der Waals surface area (Å²) in [6.45, 7) is 4.33. The van der Waals surface area contributed by atoms with Crippen LogP contribution < -0.4 is 5.32 Å². The van der Waals surface area contributed by atoms with Crippen molar-refractivity contribution in [3.8, 4) is 0 Å². The second-order valence-corrected chi connectivity index (χ2v) is 9.62. The Morgan fingerprint density at radius 1 is 1.12 bits per heavy atom. The molecule has 0 bridgehead atoms. The summed E-state index contributed by atoms with van der Waals surface area (Å²) in [5.41, 5.74) is 1.25. The van der Waals surface area contributed by atoms with Crippen molar-refractivity contribution in [3.63, 3.8) is 0 Å². The van der Waals surface area contributed by atoms with Crippen molar-refractivity contribution in [2.45, 2.75) is 22.5 Å². The first-order valence-corrected chi connectivity index (χ1v) is 10.8. The van der Waals surface area contributed by atoms with Gasteiger partial charge in [0.05, 0.1) is 5.75 Å². The van der Waals surface area contributed by atoms with Crippen molar-refractivity contribution in [2.75, 3.05) is 30.9 Å². The van der Waals surface area contributed by atoms with Gasteiger partial charge in [-0.2, -0.15) is 0 Å². The quantitative estimate of drug-likeness (QED) is 0.669. The maximum Gasteiger partial charge on any atom is 0.253 e. The van der Waals surface area contributed by atoms with Gasteiger partial charge in [-0.05, 0) is 30.2 Å². The molecule has 1 aromatic heterocycles. The van der Waals surface area contributed by atoms with Gasteiger partial charge in [-0.3, -0.25) is 9.59 Å². The zero-order valence-corrected chi connectivity index (χ0v) is 17.6. The molecule has 2 amide bonds. The molecule has 0 spiro atoms. The highest BCUT2D eigenvalue weighted by Gasteiger charge is 2.11. The Morgan fingerprint density at radius 3 is 2.31 bits per heavy atom. The number of benzene rings is 1. The van der Waals surface area contributed by atoms with E-state index in [9.17, 15) is 9.59 Å². The number of carbonyl (C=O) groups is 2. The van der Waals surface area contributed by atoms with Gasteiger partial charge in [0.25, 0.3) is 5.91 Å². The predicted molar refractivity (Wildman–Crippen MR) is 109 cm³/mol. The lowest BCUT2D eigenvalue weighted by atomic mass is 10.2. The van der Waals surface area contributed by atoms with E-state index in [0.717, 1.165) is 14.4 Å². The van der Waals surface area contributed by atoms with E-state index in [1.54, 1.807) is 50.1 Å². The molecule has 0 aliphatic heterocycles. The summed E-state index contributed by atoms with van der Waals surface area (Å²) in [6, 6.07) is 6.86. The molecule has 6 nitrogen and oxygen atoms in total. The Morgan fingerprint density at radius 2 is 1.73 bits per heavy atom. The van der Waals surface area contributed by atoms with Gasteiger partial charge >= 0.3 is 0 Å². The minimum atomic E-state index is -0.117. The molecule has 0 atom stereocenters. The van der Waals surface area contributed by atoms with Crippen molar-refractivity contribution in [1.29, 1.82) is 0 Å². The average molecular weight is 411 g/mol. The Labute approximate surface area is 166 Å². The van der Waals surface area contributed by atoms with Crippen LogP contribution in [-0.4, -0.2) is 52.5 Å². The van der Waals surface area contributed by atoms with E-state index in [1.165, 1.54) is 28.0 Å². The largest absolute Gasteiger partial charge is 0.345 e. The number of hydrogen-bond donors (Lipinski definition) is 1. The molecule has 1 heterocycles. The predicted octanol–water partition coefficient (Wildman–Crippen LogP) is 3.72. The molecule has 2 aromatic rings. The number of anilines is 1. The minimum absolute atomic E-state index is 0.0687. The van der Waals surface area contributed by atoms with Crippen molar-refractivity contribution >= 4 is 52.4 Å². The molecule has 0 radical (unpaired) electrons. The summed E-state index contributed by atoms with van der Waals surface area (Å²) >= 11 is 4.58. The summed E-state index contributed by atoms with van der Waals surface area (Å²) in [5.74, 6) is 1.69. The fourth-order valence-electron chi connectivity index (χ4n) is 1.83. The van der Waals surface area contributed by atoms with Gasteiger partial charge in [-0.25, -0.2) is 0 Å². The van der Waals surface area contributed by atoms with Crippen LogP contribution in [-0.2, 0) is 4.79 Å². The van der Waals surface area contributed by atoms with E-state index in [4.69, 9.17) is 0 Å². The van der Waals surface area contributed by atoms with E-state index in [-0.39, 0.29) is 17.6 Å². The molecule has 0 saturated carbocycles. The summed E-state index contributed by atoms with van der Waals surface area (Å²) in [4.78, 5) is 25.4. The second-order valence-electron chi connectivity index (χ2n) is 6.15. The lowest BCUT2D eigenvalue weighted by Gasteiger charge is -2.10. The molecule has 0 aliphatic carbocycles. The number of thioether (sulfide) groups is 2. The minimum Gasteiger partial charge on any atom is -0.345 e. The first kappa shape index (κ1) is 20.7. The second kappa shape index (κ2) is 9.94. The molecule has 0 fully saturated rings. The molecule has 1 aromatic carbocycles. The van der Waals surface area contributed by atoms with Crippen LogP contribution in [0.15, 0.2) is 32.9 Å². The highest BCUT2D eigenvalue weighted by Crippen LogP contribution is 2.29. The smallest absolute Gasteiger partial charge is 0.253 e. The van der Waals surface area contributed by atoms with Gasteiger partial charge in [0.1, 0.15) is 0 Å². The van der Waals surface area contributed by atoms with Gasteiger partial charge in [-0.15, -0.1) is 10.2 Å². The summed E-state index contributed by atoms with van der Waals surface area (Å²) < 4.78 is 1.72. The molecule has 2 rings (SSSR count). The van der Waals surface area contributed by atoms with E-state index in [2.05, 4.69) is 29.4 Å². The molecule has 9 heteroatoms. The molecule has 0 aliphatic rings. The van der Waals surface area contributed by atoms with Crippen LogP contribution in [0.4, 0.5) is 5.69 Å². The van der Waals surface area contributed by atoms with Crippen LogP contribution >= 0.6 is 34.9 Å². The summed E-state index contributed by atoms with van der Waals surface area (Å²) in [6.07, 6.45) is 0. The lowest BCUT2D eigenvalue weighted by molar-refractivity contribution is -0.113. The normalized spacial score (nSPS) is 10.8.